The molecule has 0 unspecified atom stereocenters. The van der Waals surface area contributed by atoms with E-state index in [1.54, 1.807) is 12.3 Å². The van der Waals surface area contributed by atoms with E-state index in [0.29, 0.717) is 5.69 Å². The lowest BCUT2D eigenvalue weighted by Crippen LogP contribution is -2.02. The first-order chi connectivity index (χ1) is 10.9. The molecule has 0 radical (unpaired) electrons. The minimum atomic E-state index is -0.486. The van der Waals surface area contributed by atoms with E-state index in [0.717, 1.165) is 12.0 Å². The van der Waals surface area contributed by atoms with Gasteiger partial charge in [0.25, 0.3) is 0 Å². The van der Waals surface area contributed by atoms with E-state index in [1.807, 2.05) is 13.0 Å². The number of aliphatic hydroxyl groups excluding tert-OH is 1. The number of aromatic nitrogens is 1. The quantitative estimate of drug-likeness (QED) is 0.516. The van der Waals surface area contributed by atoms with Gasteiger partial charge in [-0.05, 0) is 18.1 Å². The summed E-state index contributed by atoms with van der Waals surface area (Å²) in [6.45, 7) is 1.99. The maximum Gasteiger partial charge on any atom is 0.201 e. The van der Waals surface area contributed by atoms with E-state index < -0.39 is 5.78 Å². The molecule has 0 bridgehead atoms. The number of aryl methyl sites for hydroxylation is 1. The van der Waals surface area contributed by atoms with Crippen LogP contribution in [0, 0.1) is 0 Å². The average molecular weight is 389 g/mol. The maximum atomic E-state index is 12.7. The summed E-state index contributed by atoms with van der Waals surface area (Å²) >= 11 is 24.3. The number of carbonyl (C=O) groups excluding carboxylic acids is 1. The Balaban J connectivity index is 2.25. The molecular weight excluding hydrogens is 380 g/mol. The number of hydrogen-bond donors (Lipinski definition) is 1. The molecule has 3 nitrogen and oxygen atoms in total. The number of Topliss-reactive ketones (excluding diaryl/α,β-unsaturated/α-hetero) is 1. The van der Waals surface area contributed by atoms with Crippen molar-refractivity contribution in [3.8, 4) is 0 Å². The second-order valence-electron chi connectivity index (χ2n) is 4.96. The second-order valence-corrected chi connectivity index (χ2v) is 6.48. The summed E-state index contributed by atoms with van der Waals surface area (Å²) in [6.07, 6.45) is 2.46. The van der Waals surface area contributed by atoms with Gasteiger partial charge in [-0.25, -0.2) is 0 Å². The molecule has 3 rings (SSSR count). The van der Waals surface area contributed by atoms with Crippen molar-refractivity contribution in [1.29, 1.82) is 0 Å². The van der Waals surface area contributed by atoms with Gasteiger partial charge in [0.15, 0.2) is 0 Å². The third-order valence-electron chi connectivity index (χ3n) is 3.68. The van der Waals surface area contributed by atoms with Crippen LogP contribution in [-0.4, -0.2) is 15.9 Å². The van der Waals surface area contributed by atoms with Crippen molar-refractivity contribution in [3.05, 3.63) is 60.8 Å². The normalized spacial score (nSPS) is 13.7. The SMILES string of the molecule is CCc1ccc(C2=C(O)c3c(Cl)c(Cl)c(Cl)c(Cl)c3C2=O)nc1. The fraction of sp³-hybridized carbons (Fsp3) is 0.125. The van der Waals surface area contributed by atoms with Crippen LogP contribution in [0.3, 0.4) is 0 Å². The number of nitrogens with zero attached hydrogens (tertiary/aromatic N) is 1. The molecule has 0 atom stereocenters. The van der Waals surface area contributed by atoms with Gasteiger partial charge in [0, 0.05) is 6.20 Å². The molecular formula is C16H9Cl4NO2. The first-order valence-corrected chi connectivity index (χ1v) is 8.19. The molecule has 0 fully saturated rings. The van der Waals surface area contributed by atoms with Crippen molar-refractivity contribution in [1.82, 2.24) is 4.98 Å². The highest BCUT2D eigenvalue weighted by Gasteiger charge is 2.37. The largest absolute Gasteiger partial charge is 0.506 e. The summed E-state index contributed by atoms with van der Waals surface area (Å²) in [5.74, 6) is -0.785. The summed E-state index contributed by atoms with van der Waals surface area (Å²) in [6, 6.07) is 3.50. The van der Waals surface area contributed by atoms with E-state index in [9.17, 15) is 9.90 Å². The molecule has 7 heteroatoms. The molecule has 0 saturated carbocycles. The first kappa shape index (κ1) is 16.6. The van der Waals surface area contributed by atoms with E-state index in [-0.39, 0.29) is 42.5 Å². The number of rotatable bonds is 2. The van der Waals surface area contributed by atoms with Crippen molar-refractivity contribution in [2.75, 3.05) is 0 Å². The molecule has 0 amide bonds. The molecule has 0 saturated heterocycles. The van der Waals surface area contributed by atoms with Crippen LogP contribution in [0.2, 0.25) is 20.1 Å². The van der Waals surface area contributed by atoms with Gasteiger partial charge in [-0.1, -0.05) is 59.4 Å². The fourth-order valence-electron chi connectivity index (χ4n) is 2.44. The molecule has 1 aromatic carbocycles. The molecule has 1 aliphatic rings. The molecule has 23 heavy (non-hydrogen) atoms. The van der Waals surface area contributed by atoms with Crippen LogP contribution >= 0.6 is 46.4 Å². The Morgan fingerprint density at radius 3 is 2.13 bits per heavy atom. The Morgan fingerprint density at radius 2 is 1.61 bits per heavy atom. The number of carbonyl (C=O) groups is 1. The van der Waals surface area contributed by atoms with Gasteiger partial charge in [0.1, 0.15) is 5.76 Å². The predicted molar refractivity (Wildman–Crippen MR) is 93.9 cm³/mol. The molecule has 0 spiro atoms. The Labute approximate surface area is 152 Å². The molecule has 0 aliphatic heterocycles. The van der Waals surface area contributed by atoms with Crippen molar-refractivity contribution in [2.24, 2.45) is 0 Å². The van der Waals surface area contributed by atoms with Crippen molar-refractivity contribution < 1.29 is 9.90 Å². The Hall–Kier alpha value is -1.26. The summed E-state index contributed by atoms with van der Waals surface area (Å²) in [5, 5.41) is 10.4. The maximum absolute atomic E-state index is 12.7. The van der Waals surface area contributed by atoms with Crippen molar-refractivity contribution in [2.45, 2.75) is 13.3 Å². The highest BCUT2D eigenvalue weighted by molar-refractivity contribution is 6.56. The summed E-state index contributed by atoms with van der Waals surface area (Å²) in [5.41, 5.74) is 1.51. The van der Waals surface area contributed by atoms with Gasteiger partial charge >= 0.3 is 0 Å². The van der Waals surface area contributed by atoms with Crippen LogP contribution < -0.4 is 0 Å². The highest BCUT2D eigenvalue weighted by atomic mass is 35.5. The number of pyridine rings is 1. The lowest BCUT2D eigenvalue weighted by atomic mass is 10.1. The lowest BCUT2D eigenvalue weighted by Gasteiger charge is -2.09. The smallest absolute Gasteiger partial charge is 0.201 e. The minimum Gasteiger partial charge on any atom is -0.506 e. The van der Waals surface area contributed by atoms with Gasteiger partial charge < -0.3 is 5.11 Å². The molecule has 2 aromatic rings. The number of allylic oxidation sites excluding steroid dienone is 1. The van der Waals surface area contributed by atoms with Gasteiger partial charge in [-0.15, -0.1) is 0 Å². The van der Waals surface area contributed by atoms with Crippen LogP contribution in [0.25, 0.3) is 11.3 Å². The van der Waals surface area contributed by atoms with E-state index >= 15 is 0 Å². The standard InChI is InChI=1S/C16H9Cl4NO2/c1-2-6-3-4-7(21-5-6)8-15(22)9-10(16(8)23)12(18)14(20)13(19)11(9)17/h3-5,22H,2H2,1H3. The second kappa shape index (κ2) is 5.99. The first-order valence-electron chi connectivity index (χ1n) is 6.68. The summed E-state index contributed by atoms with van der Waals surface area (Å²) < 4.78 is 0. The topological polar surface area (TPSA) is 50.2 Å². The zero-order chi connectivity index (χ0) is 16.9. The average Bonchev–Trinajstić information content (AvgIpc) is 2.82. The molecule has 1 aliphatic carbocycles. The minimum absolute atomic E-state index is 0.00743. The molecule has 1 N–H and O–H groups in total. The zero-order valence-electron chi connectivity index (χ0n) is 11.8. The molecule has 1 heterocycles. The third-order valence-corrected chi connectivity index (χ3v) is 5.49. The summed E-state index contributed by atoms with van der Waals surface area (Å²) in [4.78, 5) is 16.9. The highest BCUT2D eigenvalue weighted by Crippen LogP contribution is 2.49. The molecule has 118 valence electrons. The predicted octanol–water partition coefficient (Wildman–Crippen LogP) is 5.88. The number of hydrogen-bond acceptors (Lipinski definition) is 3. The Kier molecular flexibility index (Phi) is 4.32. The Morgan fingerprint density at radius 1 is 1.00 bits per heavy atom. The number of benzene rings is 1. The van der Waals surface area contributed by atoms with E-state index in [2.05, 4.69) is 4.98 Å². The zero-order valence-corrected chi connectivity index (χ0v) is 14.8. The number of fused-ring (bicyclic) bond motifs is 1. The van der Waals surface area contributed by atoms with E-state index in [4.69, 9.17) is 46.4 Å². The van der Waals surface area contributed by atoms with Crippen LogP contribution in [0.5, 0.6) is 0 Å². The van der Waals surface area contributed by atoms with Crippen LogP contribution in [0.15, 0.2) is 18.3 Å². The van der Waals surface area contributed by atoms with Gasteiger partial charge in [-0.3, -0.25) is 9.78 Å². The van der Waals surface area contributed by atoms with Crippen molar-refractivity contribution in [3.63, 3.8) is 0 Å². The molecule has 1 aromatic heterocycles. The fourth-order valence-corrected chi connectivity index (χ4v) is 3.47. The van der Waals surface area contributed by atoms with Crippen LogP contribution in [0.4, 0.5) is 0 Å². The lowest BCUT2D eigenvalue weighted by molar-refractivity contribution is 0.105. The Bertz CT molecular complexity index is 873. The number of halogens is 4. The number of aliphatic hydroxyl groups is 1. The van der Waals surface area contributed by atoms with Gasteiger partial charge in [0.2, 0.25) is 5.78 Å². The van der Waals surface area contributed by atoms with Crippen LogP contribution in [0.1, 0.15) is 34.1 Å². The van der Waals surface area contributed by atoms with Gasteiger partial charge in [0.05, 0.1) is 42.5 Å². The van der Waals surface area contributed by atoms with Crippen molar-refractivity contribution >= 4 is 63.5 Å². The van der Waals surface area contributed by atoms with E-state index in [1.165, 1.54) is 0 Å². The third kappa shape index (κ3) is 2.43. The van der Waals surface area contributed by atoms with Gasteiger partial charge in [-0.2, -0.15) is 0 Å². The number of ketones is 1. The monoisotopic (exact) mass is 387 g/mol. The van der Waals surface area contributed by atoms with Crippen LogP contribution in [-0.2, 0) is 6.42 Å². The summed E-state index contributed by atoms with van der Waals surface area (Å²) in [7, 11) is 0.